The smallest absolute Gasteiger partial charge is 0.249 e. The Bertz CT molecular complexity index is 515. The molecule has 3 atom stereocenters. The quantitative estimate of drug-likeness (QED) is 0.906. The van der Waals surface area contributed by atoms with Crippen LogP contribution in [0.4, 0.5) is 0 Å². The van der Waals surface area contributed by atoms with Crippen molar-refractivity contribution in [1.82, 2.24) is 10.2 Å². The van der Waals surface area contributed by atoms with Crippen LogP contribution in [0.5, 0.6) is 0 Å². The molecule has 4 rings (SSSR count). The molecule has 3 aliphatic rings. The molecule has 0 spiro atoms. The van der Waals surface area contributed by atoms with Crippen LogP contribution >= 0.6 is 11.3 Å². The molecule has 3 heterocycles. The second kappa shape index (κ2) is 6.30. The van der Waals surface area contributed by atoms with Gasteiger partial charge < -0.3 is 10.1 Å². The molecule has 1 aliphatic carbocycles. The van der Waals surface area contributed by atoms with Gasteiger partial charge in [-0.15, -0.1) is 0 Å². The summed E-state index contributed by atoms with van der Waals surface area (Å²) >= 11 is 1.76. The zero-order chi connectivity index (χ0) is 14.9. The summed E-state index contributed by atoms with van der Waals surface area (Å²) in [6.45, 7) is 2.95. The minimum absolute atomic E-state index is 0.113. The van der Waals surface area contributed by atoms with Crippen molar-refractivity contribution >= 4 is 17.2 Å². The summed E-state index contributed by atoms with van der Waals surface area (Å²) in [7, 11) is 0. The number of carbonyl (C=O) groups excluding carboxylic acids is 1. The molecule has 4 nitrogen and oxygen atoms in total. The highest BCUT2D eigenvalue weighted by atomic mass is 32.1. The normalized spacial score (nSPS) is 31.9. The molecule has 2 saturated heterocycles. The maximum atomic E-state index is 12.2. The SMILES string of the molecule is O=C(NCC1CC1)[C@@H]1CC[C@H]2[C@H](CCN2Cc2ccsc2)O1. The van der Waals surface area contributed by atoms with Gasteiger partial charge in [0.1, 0.15) is 6.10 Å². The molecule has 0 unspecified atom stereocenters. The van der Waals surface area contributed by atoms with Crippen LogP contribution in [0.25, 0.3) is 0 Å². The number of nitrogens with zero attached hydrogens (tertiary/aromatic N) is 1. The first kappa shape index (κ1) is 14.7. The summed E-state index contributed by atoms with van der Waals surface area (Å²) in [4.78, 5) is 14.7. The summed E-state index contributed by atoms with van der Waals surface area (Å²) < 4.78 is 6.12. The monoisotopic (exact) mass is 320 g/mol. The zero-order valence-electron chi connectivity index (χ0n) is 12.9. The minimum Gasteiger partial charge on any atom is -0.363 e. The van der Waals surface area contributed by atoms with Crippen LogP contribution in [0.15, 0.2) is 16.8 Å². The van der Waals surface area contributed by atoms with Crippen LogP contribution in [0.1, 0.15) is 37.7 Å². The molecule has 1 aromatic heterocycles. The van der Waals surface area contributed by atoms with Crippen molar-refractivity contribution in [2.45, 2.75) is 56.9 Å². The molecule has 0 bridgehead atoms. The minimum atomic E-state index is -0.221. The van der Waals surface area contributed by atoms with Gasteiger partial charge in [-0.1, -0.05) is 0 Å². The third-order valence-corrected chi connectivity index (χ3v) is 5.91. The molecule has 22 heavy (non-hydrogen) atoms. The topological polar surface area (TPSA) is 41.6 Å². The van der Waals surface area contributed by atoms with Crippen molar-refractivity contribution in [2.24, 2.45) is 5.92 Å². The Morgan fingerprint density at radius 3 is 3.00 bits per heavy atom. The summed E-state index contributed by atoms with van der Waals surface area (Å²) in [5, 5.41) is 7.43. The second-order valence-corrected chi connectivity index (χ2v) is 7.67. The fourth-order valence-corrected chi connectivity index (χ4v) is 4.36. The molecule has 2 aliphatic heterocycles. The first-order valence-corrected chi connectivity index (χ1v) is 9.42. The van der Waals surface area contributed by atoms with Crippen molar-refractivity contribution in [1.29, 1.82) is 0 Å². The van der Waals surface area contributed by atoms with Crippen LogP contribution in [0, 0.1) is 5.92 Å². The lowest BCUT2D eigenvalue weighted by molar-refractivity contribution is -0.144. The average molecular weight is 320 g/mol. The number of carbonyl (C=O) groups is 1. The lowest BCUT2D eigenvalue weighted by atomic mass is 9.98. The van der Waals surface area contributed by atoms with E-state index >= 15 is 0 Å². The third-order valence-electron chi connectivity index (χ3n) is 5.18. The van der Waals surface area contributed by atoms with E-state index in [-0.39, 0.29) is 18.1 Å². The van der Waals surface area contributed by atoms with E-state index in [2.05, 4.69) is 27.0 Å². The summed E-state index contributed by atoms with van der Waals surface area (Å²) in [5.41, 5.74) is 1.40. The Hall–Kier alpha value is -0.910. The Balaban J connectivity index is 1.30. The number of ether oxygens (including phenoxy) is 1. The molecule has 5 heteroatoms. The first-order valence-electron chi connectivity index (χ1n) is 8.48. The van der Waals surface area contributed by atoms with E-state index < -0.39 is 0 Å². The average Bonchev–Trinajstić information content (AvgIpc) is 3.07. The largest absolute Gasteiger partial charge is 0.363 e. The summed E-state index contributed by atoms with van der Waals surface area (Å²) in [6.07, 6.45) is 5.56. The number of amides is 1. The van der Waals surface area contributed by atoms with Crippen LogP contribution in [0.3, 0.4) is 0 Å². The van der Waals surface area contributed by atoms with Gasteiger partial charge in [0.05, 0.1) is 6.10 Å². The highest BCUT2D eigenvalue weighted by Gasteiger charge is 2.41. The van der Waals surface area contributed by atoms with E-state index in [4.69, 9.17) is 4.74 Å². The number of fused-ring (bicyclic) bond motifs is 1. The predicted octanol–water partition coefficient (Wildman–Crippen LogP) is 2.40. The van der Waals surface area contributed by atoms with Gasteiger partial charge >= 0.3 is 0 Å². The molecule has 0 aromatic carbocycles. The highest BCUT2D eigenvalue weighted by Crippen LogP contribution is 2.33. The molecule has 120 valence electrons. The van der Waals surface area contributed by atoms with Gasteiger partial charge in [-0.05, 0) is 60.4 Å². The second-order valence-electron chi connectivity index (χ2n) is 6.89. The fraction of sp³-hybridized carbons (Fsp3) is 0.706. The lowest BCUT2D eigenvalue weighted by Crippen LogP contribution is -2.47. The molecule has 3 fully saturated rings. The summed E-state index contributed by atoms with van der Waals surface area (Å²) in [5.74, 6) is 0.842. The van der Waals surface area contributed by atoms with Gasteiger partial charge in [-0.2, -0.15) is 11.3 Å². The Morgan fingerprint density at radius 2 is 2.23 bits per heavy atom. The molecule has 1 N–H and O–H groups in total. The molecule has 1 saturated carbocycles. The van der Waals surface area contributed by atoms with Crippen molar-refractivity contribution in [3.63, 3.8) is 0 Å². The van der Waals surface area contributed by atoms with Crippen molar-refractivity contribution < 1.29 is 9.53 Å². The molecule has 0 radical (unpaired) electrons. The first-order chi connectivity index (χ1) is 10.8. The highest BCUT2D eigenvalue weighted by molar-refractivity contribution is 7.07. The van der Waals surface area contributed by atoms with Gasteiger partial charge in [0.25, 0.3) is 0 Å². The third kappa shape index (κ3) is 3.21. The van der Waals surface area contributed by atoms with E-state index in [9.17, 15) is 4.79 Å². The van der Waals surface area contributed by atoms with Crippen molar-refractivity contribution in [3.8, 4) is 0 Å². The van der Waals surface area contributed by atoms with E-state index in [1.807, 2.05) is 0 Å². The van der Waals surface area contributed by atoms with E-state index in [0.717, 1.165) is 44.8 Å². The van der Waals surface area contributed by atoms with E-state index in [0.29, 0.717) is 6.04 Å². The number of nitrogens with one attached hydrogen (secondary N) is 1. The lowest BCUT2D eigenvalue weighted by Gasteiger charge is -2.35. The molecular formula is C17H24N2O2S. The van der Waals surface area contributed by atoms with Gasteiger partial charge in [0.2, 0.25) is 5.91 Å². The molecular weight excluding hydrogens is 296 g/mol. The zero-order valence-corrected chi connectivity index (χ0v) is 13.7. The van der Waals surface area contributed by atoms with E-state index in [1.54, 1.807) is 11.3 Å². The van der Waals surface area contributed by atoms with E-state index in [1.165, 1.54) is 18.4 Å². The van der Waals surface area contributed by atoms with Gasteiger partial charge in [-0.25, -0.2) is 0 Å². The van der Waals surface area contributed by atoms with Gasteiger partial charge in [0, 0.05) is 25.7 Å². The number of likely N-dealkylation sites (tertiary alicyclic amines) is 1. The van der Waals surface area contributed by atoms with Crippen molar-refractivity contribution in [2.75, 3.05) is 13.1 Å². The summed E-state index contributed by atoms with van der Waals surface area (Å²) in [6, 6.07) is 2.70. The maximum absolute atomic E-state index is 12.2. The number of thiophene rings is 1. The van der Waals surface area contributed by atoms with Crippen LogP contribution in [-0.2, 0) is 16.1 Å². The van der Waals surface area contributed by atoms with Gasteiger partial charge in [0.15, 0.2) is 0 Å². The Kier molecular flexibility index (Phi) is 4.20. The van der Waals surface area contributed by atoms with Crippen LogP contribution in [-0.4, -0.2) is 42.1 Å². The number of hydrogen-bond donors (Lipinski definition) is 1. The van der Waals surface area contributed by atoms with Crippen LogP contribution in [0.2, 0.25) is 0 Å². The van der Waals surface area contributed by atoms with Crippen molar-refractivity contribution in [3.05, 3.63) is 22.4 Å². The van der Waals surface area contributed by atoms with Crippen LogP contribution < -0.4 is 5.32 Å². The fourth-order valence-electron chi connectivity index (χ4n) is 3.70. The maximum Gasteiger partial charge on any atom is 0.249 e. The Labute approximate surface area is 135 Å². The number of hydrogen-bond acceptors (Lipinski definition) is 4. The standard InChI is InChI=1S/C17H24N2O2S/c20-17(18-9-12-1-2-12)16-4-3-14-15(21-16)5-7-19(14)10-13-6-8-22-11-13/h6,8,11-12,14-16H,1-5,7,9-10H2,(H,18,20)/t14-,15-,16-/m0/s1. The molecule has 1 aromatic rings. The van der Waals surface area contributed by atoms with Gasteiger partial charge in [-0.3, -0.25) is 9.69 Å². The Morgan fingerprint density at radius 1 is 1.32 bits per heavy atom. The predicted molar refractivity (Wildman–Crippen MR) is 86.8 cm³/mol. The molecule has 1 amide bonds. The number of rotatable bonds is 5.